The lowest BCUT2D eigenvalue weighted by Gasteiger charge is -2.17. The fourth-order valence-electron chi connectivity index (χ4n) is 2.63. The summed E-state index contributed by atoms with van der Waals surface area (Å²) in [6, 6.07) is 6.19. The van der Waals surface area contributed by atoms with Crippen molar-refractivity contribution < 1.29 is 27.2 Å². The highest BCUT2D eigenvalue weighted by Gasteiger charge is 2.18. The summed E-state index contributed by atoms with van der Waals surface area (Å²) in [6.45, 7) is 1.43. The van der Waals surface area contributed by atoms with Gasteiger partial charge in [0.1, 0.15) is 5.82 Å². The van der Waals surface area contributed by atoms with E-state index in [0.29, 0.717) is 0 Å². The minimum absolute atomic E-state index is 0.00658. The molecule has 1 aromatic carbocycles. The van der Waals surface area contributed by atoms with Gasteiger partial charge in [0, 0.05) is 31.1 Å². The summed E-state index contributed by atoms with van der Waals surface area (Å²) in [5.74, 6) is -3.78. The minimum Gasteiger partial charge on any atom is -0.431 e. The van der Waals surface area contributed by atoms with Crippen molar-refractivity contribution in [2.45, 2.75) is 19.9 Å². The lowest BCUT2D eigenvalue weighted by atomic mass is 10.2. The number of hydrogen-bond acceptors (Lipinski definition) is 5. The van der Waals surface area contributed by atoms with E-state index < -0.39 is 23.6 Å². The standard InChI is InChI=1S/C20H17F3N4O3/c1-3-17(28)27(2)14-6-4-11(8-13(14)21)20-25-10-15(30-20)19(29)24-9-12-5-7-16(22)26-18(12)23/h4-8,10H,3,9H2,1-2H3,(H,24,29). The molecular formula is C20H17F3N4O3. The van der Waals surface area contributed by atoms with Gasteiger partial charge in [-0.25, -0.2) is 9.37 Å². The van der Waals surface area contributed by atoms with Crippen LogP contribution in [-0.2, 0) is 11.3 Å². The third-order valence-electron chi connectivity index (χ3n) is 4.29. The number of pyridine rings is 1. The average Bonchev–Trinajstić information content (AvgIpc) is 3.22. The maximum absolute atomic E-state index is 14.4. The molecule has 0 aliphatic rings. The first-order chi connectivity index (χ1) is 14.3. The number of anilines is 1. The van der Waals surface area contributed by atoms with Crippen LogP contribution < -0.4 is 10.2 Å². The van der Waals surface area contributed by atoms with Gasteiger partial charge in [-0.05, 0) is 30.3 Å². The Bertz CT molecular complexity index is 1100. The quantitative estimate of drug-likeness (QED) is 0.620. The Kier molecular flexibility index (Phi) is 6.14. The summed E-state index contributed by atoms with van der Waals surface area (Å²) < 4.78 is 46.1. The molecule has 0 saturated heterocycles. The molecule has 1 N–H and O–H groups in total. The zero-order chi connectivity index (χ0) is 21.8. The van der Waals surface area contributed by atoms with Gasteiger partial charge in [-0.1, -0.05) is 6.92 Å². The molecule has 7 nitrogen and oxygen atoms in total. The van der Waals surface area contributed by atoms with E-state index in [9.17, 15) is 22.8 Å². The molecule has 0 saturated carbocycles. The first kappa shape index (κ1) is 21.0. The number of oxazole rings is 1. The first-order valence-corrected chi connectivity index (χ1v) is 8.91. The third kappa shape index (κ3) is 4.48. The lowest BCUT2D eigenvalue weighted by molar-refractivity contribution is -0.118. The second kappa shape index (κ2) is 8.76. The predicted molar refractivity (Wildman–Crippen MR) is 101 cm³/mol. The van der Waals surface area contributed by atoms with Crippen molar-refractivity contribution in [1.82, 2.24) is 15.3 Å². The number of benzene rings is 1. The Morgan fingerprint density at radius 3 is 2.60 bits per heavy atom. The molecule has 10 heteroatoms. The van der Waals surface area contributed by atoms with Gasteiger partial charge >= 0.3 is 0 Å². The van der Waals surface area contributed by atoms with Crippen LogP contribution in [0.25, 0.3) is 11.5 Å². The molecule has 2 aromatic heterocycles. The molecule has 0 spiro atoms. The Hall–Kier alpha value is -3.69. The molecule has 156 valence electrons. The van der Waals surface area contributed by atoms with Crippen LogP contribution in [-0.4, -0.2) is 28.8 Å². The van der Waals surface area contributed by atoms with E-state index in [-0.39, 0.29) is 47.3 Å². The summed E-state index contributed by atoms with van der Waals surface area (Å²) in [7, 11) is 1.47. The number of nitrogens with zero attached hydrogens (tertiary/aromatic N) is 3. The van der Waals surface area contributed by atoms with Crippen molar-refractivity contribution in [3.8, 4) is 11.5 Å². The van der Waals surface area contributed by atoms with Crippen LogP contribution in [0.5, 0.6) is 0 Å². The summed E-state index contributed by atoms with van der Waals surface area (Å²) in [4.78, 5) is 32.1. The number of nitrogens with one attached hydrogen (secondary N) is 1. The molecule has 3 rings (SSSR count). The van der Waals surface area contributed by atoms with Gasteiger partial charge in [0.2, 0.25) is 29.5 Å². The van der Waals surface area contributed by atoms with Crippen LogP contribution in [0.3, 0.4) is 0 Å². The van der Waals surface area contributed by atoms with E-state index >= 15 is 0 Å². The zero-order valence-corrected chi connectivity index (χ0v) is 16.1. The van der Waals surface area contributed by atoms with E-state index in [1.54, 1.807) is 6.92 Å². The number of carbonyl (C=O) groups excluding carboxylic acids is 2. The largest absolute Gasteiger partial charge is 0.431 e. The zero-order valence-electron chi connectivity index (χ0n) is 16.1. The topological polar surface area (TPSA) is 88.3 Å². The number of hydrogen-bond donors (Lipinski definition) is 1. The normalized spacial score (nSPS) is 10.7. The molecule has 0 aliphatic carbocycles. The molecular weight excluding hydrogens is 401 g/mol. The molecule has 0 bridgehead atoms. The van der Waals surface area contributed by atoms with Crippen LogP contribution in [0.2, 0.25) is 0 Å². The van der Waals surface area contributed by atoms with Gasteiger partial charge in [-0.2, -0.15) is 13.8 Å². The van der Waals surface area contributed by atoms with Gasteiger partial charge in [-0.15, -0.1) is 0 Å². The Balaban J connectivity index is 1.71. The van der Waals surface area contributed by atoms with Crippen molar-refractivity contribution in [3.05, 3.63) is 65.6 Å². The fraction of sp³-hybridized carbons (Fsp3) is 0.200. The number of amides is 2. The molecule has 0 aliphatic heterocycles. The fourth-order valence-corrected chi connectivity index (χ4v) is 2.63. The highest BCUT2D eigenvalue weighted by molar-refractivity contribution is 5.93. The predicted octanol–water partition coefficient (Wildman–Crippen LogP) is 3.46. The Morgan fingerprint density at radius 2 is 1.93 bits per heavy atom. The van der Waals surface area contributed by atoms with Crippen molar-refractivity contribution in [2.24, 2.45) is 0 Å². The number of rotatable bonds is 6. The van der Waals surface area contributed by atoms with Gasteiger partial charge < -0.3 is 14.6 Å². The number of carbonyl (C=O) groups is 2. The van der Waals surface area contributed by atoms with E-state index in [1.807, 2.05) is 0 Å². The molecule has 30 heavy (non-hydrogen) atoms. The van der Waals surface area contributed by atoms with E-state index in [4.69, 9.17) is 4.42 Å². The molecule has 0 fully saturated rings. The van der Waals surface area contributed by atoms with Crippen molar-refractivity contribution in [1.29, 1.82) is 0 Å². The molecule has 2 heterocycles. The van der Waals surface area contributed by atoms with Crippen LogP contribution in [0, 0.1) is 17.7 Å². The smallest absolute Gasteiger partial charge is 0.289 e. The lowest BCUT2D eigenvalue weighted by Crippen LogP contribution is -2.25. The van der Waals surface area contributed by atoms with Crippen LogP contribution in [0.4, 0.5) is 18.9 Å². The second-order valence-corrected chi connectivity index (χ2v) is 6.27. The van der Waals surface area contributed by atoms with E-state index in [2.05, 4.69) is 15.3 Å². The van der Waals surface area contributed by atoms with Crippen LogP contribution in [0.1, 0.15) is 29.5 Å². The van der Waals surface area contributed by atoms with Crippen molar-refractivity contribution in [2.75, 3.05) is 11.9 Å². The third-order valence-corrected chi connectivity index (χ3v) is 4.29. The van der Waals surface area contributed by atoms with Crippen molar-refractivity contribution in [3.63, 3.8) is 0 Å². The van der Waals surface area contributed by atoms with Gasteiger partial charge in [0.25, 0.3) is 5.91 Å². The van der Waals surface area contributed by atoms with Gasteiger partial charge in [-0.3, -0.25) is 9.59 Å². The maximum Gasteiger partial charge on any atom is 0.289 e. The highest BCUT2D eigenvalue weighted by Crippen LogP contribution is 2.26. The van der Waals surface area contributed by atoms with E-state index in [0.717, 1.165) is 24.4 Å². The molecule has 3 aromatic rings. The summed E-state index contributed by atoms with van der Waals surface area (Å²) in [5, 5.41) is 2.40. The average molecular weight is 418 g/mol. The van der Waals surface area contributed by atoms with Gasteiger partial charge in [0.05, 0.1) is 11.9 Å². The van der Waals surface area contributed by atoms with Crippen LogP contribution in [0.15, 0.2) is 40.9 Å². The summed E-state index contributed by atoms with van der Waals surface area (Å²) >= 11 is 0. The summed E-state index contributed by atoms with van der Waals surface area (Å²) in [6.07, 6.45) is 1.37. The molecule has 2 amide bonds. The Morgan fingerprint density at radius 1 is 1.17 bits per heavy atom. The molecule has 0 atom stereocenters. The first-order valence-electron chi connectivity index (χ1n) is 8.91. The van der Waals surface area contributed by atoms with Crippen molar-refractivity contribution >= 4 is 17.5 Å². The second-order valence-electron chi connectivity index (χ2n) is 6.27. The molecule has 0 unspecified atom stereocenters. The number of aromatic nitrogens is 2. The van der Waals surface area contributed by atoms with Crippen LogP contribution >= 0.6 is 0 Å². The SMILES string of the molecule is CCC(=O)N(C)c1ccc(-c2ncc(C(=O)NCc3ccc(F)nc3F)o2)cc1F. The molecule has 0 radical (unpaired) electrons. The Labute approximate surface area is 169 Å². The summed E-state index contributed by atoms with van der Waals surface area (Å²) in [5.41, 5.74) is 0.361. The van der Waals surface area contributed by atoms with E-state index in [1.165, 1.54) is 24.1 Å². The number of halogens is 3. The monoisotopic (exact) mass is 418 g/mol. The minimum atomic E-state index is -1.03. The highest BCUT2D eigenvalue weighted by atomic mass is 19.1. The maximum atomic E-state index is 14.4. The van der Waals surface area contributed by atoms with Gasteiger partial charge in [0.15, 0.2) is 0 Å².